The molecular formula is C10H14N2. The quantitative estimate of drug-likeness (QED) is 0.714. The van der Waals surface area contributed by atoms with E-state index < -0.39 is 0 Å². The van der Waals surface area contributed by atoms with Gasteiger partial charge in [0, 0.05) is 17.9 Å². The first-order chi connectivity index (χ1) is 5.77. The van der Waals surface area contributed by atoms with E-state index in [9.17, 15) is 0 Å². The fraction of sp³-hybridized carbons (Fsp3) is 0.500. The van der Waals surface area contributed by atoms with Crippen LogP contribution in [0.5, 0.6) is 0 Å². The summed E-state index contributed by atoms with van der Waals surface area (Å²) in [6.07, 6.45) is 6.36. The molecule has 1 heterocycles. The Morgan fingerprint density at radius 1 is 1.42 bits per heavy atom. The molecule has 1 aliphatic rings. The van der Waals surface area contributed by atoms with Gasteiger partial charge in [0.2, 0.25) is 0 Å². The van der Waals surface area contributed by atoms with Crippen LogP contribution in [0.25, 0.3) is 0 Å². The molecule has 0 aliphatic heterocycles. The van der Waals surface area contributed by atoms with Crippen molar-refractivity contribution in [3.8, 4) is 0 Å². The van der Waals surface area contributed by atoms with Crippen molar-refractivity contribution in [2.75, 3.05) is 7.05 Å². The summed E-state index contributed by atoms with van der Waals surface area (Å²) in [6, 6.07) is 2.22. The Bertz CT molecular complexity index is 290. The zero-order valence-electron chi connectivity index (χ0n) is 7.59. The number of aromatic nitrogens is 1. The number of pyridine rings is 1. The van der Waals surface area contributed by atoms with Gasteiger partial charge in [-0.25, -0.2) is 0 Å². The van der Waals surface area contributed by atoms with E-state index in [0.29, 0.717) is 0 Å². The van der Waals surface area contributed by atoms with Crippen LogP contribution in [0.2, 0.25) is 0 Å². The molecule has 0 bridgehead atoms. The van der Waals surface area contributed by atoms with Gasteiger partial charge in [-0.3, -0.25) is 4.98 Å². The van der Waals surface area contributed by atoms with E-state index in [1.54, 1.807) is 0 Å². The Kier molecular flexibility index (Phi) is 1.65. The third-order valence-electron chi connectivity index (χ3n) is 2.66. The van der Waals surface area contributed by atoms with Crippen LogP contribution in [0.15, 0.2) is 18.5 Å². The highest BCUT2D eigenvalue weighted by molar-refractivity contribution is 5.29. The third-order valence-corrected chi connectivity index (χ3v) is 2.66. The summed E-state index contributed by atoms with van der Waals surface area (Å²) < 4.78 is 0. The van der Waals surface area contributed by atoms with Crippen molar-refractivity contribution in [2.24, 2.45) is 0 Å². The SMILES string of the molecule is CNC1(c2cncc(C)c2)CC1. The number of aryl methyl sites for hydroxylation is 1. The molecule has 0 saturated heterocycles. The smallest absolute Gasteiger partial charge is 0.0449 e. The van der Waals surface area contributed by atoms with Crippen LogP contribution in [0.3, 0.4) is 0 Å². The van der Waals surface area contributed by atoms with Crippen LogP contribution < -0.4 is 5.32 Å². The van der Waals surface area contributed by atoms with Gasteiger partial charge in [-0.1, -0.05) is 6.07 Å². The molecule has 12 heavy (non-hydrogen) atoms. The monoisotopic (exact) mass is 162 g/mol. The van der Waals surface area contributed by atoms with Crippen molar-refractivity contribution >= 4 is 0 Å². The Labute approximate surface area is 73.0 Å². The minimum absolute atomic E-state index is 0.263. The molecule has 1 aromatic rings. The first-order valence-corrected chi connectivity index (χ1v) is 4.38. The minimum Gasteiger partial charge on any atom is -0.310 e. The average molecular weight is 162 g/mol. The summed E-state index contributed by atoms with van der Waals surface area (Å²) in [5.41, 5.74) is 2.85. The van der Waals surface area contributed by atoms with Crippen LogP contribution in [0.4, 0.5) is 0 Å². The molecule has 2 rings (SSSR count). The van der Waals surface area contributed by atoms with Crippen molar-refractivity contribution in [1.82, 2.24) is 10.3 Å². The van der Waals surface area contributed by atoms with Gasteiger partial charge in [0.15, 0.2) is 0 Å². The maximum Gasteiger partial charge on any atom is 0.0449 e. The topological polar surface area (TPSA) is 24.9 Å². The summed E-state index contributed by atoms with van der Waals surface area (Å²) in [5.74, 6) is 0. The van der Waals surface area contributed by atoms with E-state index >= 15 is 0 Å². The zero-order valence-corrected chi connectivity index (χ0v) is 7.59. The van der Waals surface area contributed by atoms with E-state index in [4.69, 9.17) is 0 Å². The Balaban J connectivity index is 2.34. The fourth-order valence-electron chi connectivity index (χ4n) is 1.62. The van der Waals surface area contributed by atoms with E-state index in [-0.39, 0.29) is 5.54 Å². The molecule has 0 aromatic carbocycles. The first-order valence-electron chi connectivity index (χ1n) is 4.38. The van der Waals surface area contributed by atoms with Gasteiger partial charge in [-0.2, -0.15) is 0 Å². The number of nitrogens with one attached hydrogen (secondary N) is 1. The molecular weight excluding hydrogens is 148 g/mol. The first kappa shape index (κ1) is 7.74. The van der Waals surface area contributed by atoms with Crippen molar-refractivity contribution in [3.05, 3.63) is 29.6 Å². The zero-order chi connectivity index (χ0) is 8.60. The summed E-state index contributed by atoms with van der Waals surface area (Å²) in [6.45, 7) is 2.09. The molecule has 1 aliphatic carbocycles. The second-order valence-corrected chi connectivity index (χ2v) is 3.58. The molecule has 0 unspecified atom stereocenters. The van der Waals surface area contributed by atoms with E-state index in [1.807, 2.05) is 19.4 Å². The second-order valence-electron chi connectivity index (χ2n) is 3.58. The van der Waals surface area contributed by atoms with Crippen LogP contribution in [-0.4, -0.2) is 12.0 Å². The highest BCUT2D eigenvalue weighted by atomic mass is 15.0. The lowest BCUT2D eigenvalue weighted by molar-refractivity contribution is 0.583. The molecule has 1 fully saturated rings. The summed E-state index contributed by atoms with van der Waals surface area (Å²) >= 11 is 0. The maximum atomic E-state index is 4.20. The van der Waals surface area contributed by atoms with Gasteiger partial charge in [0.25, 0.3) is 0 Å². The van der Waals surface area contributed by atoms with E-state index in [2.05, 4.69) is 23.3 Å². The lowest BCUT2D eigenvalue weighted by Gasteiger charge is -2.13. The normalized spacial score (nSPS) is 19.2. The van der Waals surface area contributed by atoms with Gasteiger partial charge < -0.3 is 5.32 Å². The summed E-state index contributed by atoms with van der Waals surface area (Å²) in [4.78, 5) is 4.20. The van der Waals surface area contributed by atoms with E-state index in [0.717, 1.165) is 0 Å². The molecule has 2 heteroatoms. The van der Waals surface area contributed by atoms with Crippen LogP contribution in [0, 0.1) is 6.92 Å². The average Bonchev–Trinajstić information content (AvgIpc) is 2.84. The van der Waals surface area contributed by atoms with Crippen LogP contribution in [-0.2, 0) is 5.54 Å². The molecule has 0 spiro atoms. The molecule has 2 nitrogen and oxygen atoms in total. The van der Waals surface area contributed by atoms with Crippen LogP contribution >= 0.6 is 0 Å². The van der Waals surface area contributed by atoms with Gasteiger partial charge in [-0.05, 0) is 37.9 Å². The van der Waals surface area contributed by atoms with Gasteiger partial charge in [-0.15, -0.1) is 0 Å². The molecule has 1 saturated carbocycles. The number of hydrogen-bond acceptors (Lipinski definition) is 2. The highest BCUT2D eigenvalue weighted by Gasteiger charge is 2.42. The van der Waals surface area contributed by atoms with Crippen LogP contribution in [0.1, 0.15) is 24.0 Å². The molecule has 0 amide bonds. The number of rotatable bonds is 2. The summed E-state index contributed by atoms with van der Waals surface area (Å²) in [7, 11) is 2.02. The molecule has 0 radical (unpaired) electrons. The van der Waals surface area contributed by atoms with Gasteiger partial charge >= 0.3 is 0 Å². The predicted molar refractivity (Wildman–Crippen MR) is 48.9 cm³/mol. The van der Waals surface area contributed by atoms with Crippen molar-refractivity contribution in [2.45, 2.75) is 25.3 Å². The maximum absolute atomic E-state index is 4.20. The molecule has 1 N–H and O–H groups in total. The van der Waals surface area contributed by atoms with Crippen molar-refractivity contribution in [1.29, 1.82) is 0 Å². The fourth-order valence-corrected chi connectivity index (χ4v) is 1.62. The Hall–Kier alpha value is -0.890. The lowest BCUT2D eigenvalue weighted by Crippen LogP contribution is -2.24. The Morgan fingerprint density at radius 2 is 2.17 bits per heavy atom. The lowest BCUT2D eigenvalue weighted by atomic mass is 10.1. The van der Waals surface area contributed by atoms with Crippen molar-refractivity contribution in [3.63, 3.8) is 0 Å². The number of nitrogens with zero attached hydrogens (tertiary/aromatic N) is 1. The standard InChI is InChI=1S/C10H14N2/c1-8-5-9(7-12-6-8)10(11-2)3-4-10/h5-7,11H,3-4H2,1-2H3. The molecule has 64 valence electrons. The largest absolute Gasteiger partial charge is 0.310 e. The van der Waals surface area contributed by atoms with Crippen molar-refractivity contribution < 1.29 is 0 Å². The second kappa shape index (κ2) is 2.56. The third kappa shape index (κ3) is 1.12. The van der Waals surface area contributed by atoms with Gasteiger partial charge in [0.1, 0.15) is 0 Å². The summed E-state index contributed by atoms with van der Waals surface area (Å²) in [5, 5.41) is 3.36. The number of hydrogen-bond donors (Lipinski definition) is 1. The Morgan fingerprint density at radius 3 is 2.67 bits per heavy atom. The van der Waals surface area contributed by atoms with Gasteiger partial charge in [0.05, 0.1) is 0 Å². The predicted octanol–water partition coefficient (Wildman–Crippen LogP) is 1.60. The molecule has 0 atom stereocenters. The molecule has 1 aromatic heterocycles. The highest BCUT2D eigenvalue weighted by Crippen LogP contribution is 2.44. The van der Waals surface area contributed by atoms with E-state index in [1.165, 1.54) is 24.0 Å². The minimum atomic E-state index is 0.263.